The Kier molecular flexibility index (Phi) is 4.66. The van der Waals surface area contributed by atoms with Gasteiger partial charge in [-0.1, -0.05) is 31.0 Å². The summed E-state index contributed by atoms with van der Waals surface area (Å²) in [4.78, 5) is 12.9. The van der Waals surface area contributed by atoms with Crippen LogP contribution in [0.1, 0.15) is 48.4 Å². The quantitative estimate of drug-likeness (QED) is 0.832. The average molecular weight is 336 g/mol. The number of pyridine rings is 1. The number of hydrogen-bond donors (Lipinski definition) is 1. The number of aromatic hydroxyl groups is 1. The van der Waals surface area contributed by atoms with Gasteiger partial charge in [-0.25, -0.2) is 0 Å². The molecule has 0 radical (unpaired) electrons. The number of aryl methyl sites for hydroxylation is 1. The molecule has 3 rings (SSSR count). The summed E-state index contributed by atoms with van der Waals surface area (Å²) < 4.78 is 1.32. The molecule has 0 aliphatic heterocycles. The van der Waals surface area contributed by atoms with Gasteiger partial charge in [-0.2, -0.15) is 10.4 Å². The summed E-state index contributed by atoms with van der Waals surface area (Å²) in [5, 5.41) is 28.2. The molecule has 0 saturated heterocycles. The zero-order valence-electron chi connectivity index (χ0n) is 14.4. The molecule has 1 saturated carbocycles. The summed E-state index contributed by atoms with van der Waals surface area (Å²) in [6.45, 7) is 3.53. The summed E-state index contributed by atoms with van der Waals surface area (Å²) >= 11 is 0. The van der Waals surface area contributed by atoms with E-state index in [2.05, 4.69) is 10.2 Å². The molecule has 0 atom stereocenters. The molecule has 6 heteroatoms. The fourth-order valence-electron chi connectivity index (χ4n) is 3.31. The van der Waals surface area contributed by atoms with Crippen molar-refractivity contribution in [1.29, 1.82) is 5.26 Å². The molecule has 0 amide bonds. The summed E-state index contributed by atoms with van der Waals surface area (Å²) in [7, 11) is 0. The van der Waals surface area contributed by atoms with Gasteiger partial charge in [0.2, 0.25) is 5.88 Å². The first-order chi connectivity index (χ1) is 12.0. The van der Waals surface area contributed by atoms with Crippen LogP contribution < -0.4 is 5.56 Å². The van der Waals surface area contributed by atoms with Crippen LogP contribution >= 0.6 is 0 Å². The van der Waals surface area contributed by atoms with E-state index in [1.54, 1.807) is 6.92 Å². The van der Waals surface area contributed by atoms with E-state index in [0.29, 0.717) is 11.3 Å². The van der Waals surface area contributed by atoms with Crippen molar-refractivity contribution in [3.8, 4) is 11.9 Å². The van der Waals surface area contributed by atoms with Crippen LogP contribution in [-0.4, -0.2) is 9.67 Å². The maximum Gasteiger partial charge on any atom is 0.281 e. The molecule has 25 heavy (non-hydrogen) atoms. The van der Waals surface area contributed by atoms with Crippen LogP contribution in [-0.2, 0) is 0 Å². The molecule has 0 bridgehead atoms. The zero-order valence-corrected chi connectivity index (χ0v) is 14.4. The predicted molar refractivity (Wildman–Crippen MR) is 94.7 cm³/mol. The third-order valence-corrected chi connectivity index (χ3v) is 4.78. The summed E-state index contributed by atoms with van der Waals surface area (Å²) in [6.07, 6.45) is 3.64. The Hall–Kier alpha value is -2.94. The maximum atomic E-state index is 12.9. The minimum Gasteiger partial charge on any atom is -0.493 e. The van der Waals surface area contributed by atoms with Crippen LogP contribution in [0.4, 0.5) is 11.4 Å². The van der Waals surface area contributed by atoms with E-state index in [1.165, 1.54) is 4.57 Å². The van der Waals surface area contributed by atoms with E-state index >= 15 is 0 Å². The predicted octanol–water partition coefficient (Wildman–Crippen LogP) is 4.57. The minimum atomic E-state index is -0.391. The van der Waals surface area contributed by atoms with Crippen LogP contribution in [0, 0.1) is 25.2 Å². The normalized spacial score (nSPS) is 14.9. The smallest absolute Gasteiger partial charge is 0.281 e. The van der Waals surface area contributed by atoms with Gasteiger partial charge in [0.15, 0.2) is 5.69 Å². The van der Waals surface area contributed by atoms with Crippen LogP contribution in [0.2, 0.25) is 0 Å². The first-order valence-corrected chi connectivity index (χ1v) is 8.40. The van der Waals surface area contributed by atoms with Crippen LogP contribution in [0.25, 0.3) is 0 Å². The third kappa shape index (κ3) is 3.05. The van der Waals surface area contributed by atoms with Crippen molar-refractivity contribution in [3.63, 3.8) is 0 Å². The monoisotopic (exact) mass is 336 g/mol. The summed E-state index contributed by atoms with van der Waals surface area (Å²) in [5.41, 5.74) is 1.78. The Balaban J connectivity index is 2.16. The van der Waals surface area contributed by atoms with Crippen molar-refractivity contribution in [1.82, 2.24) is 4.57 Å². The number of azo groups is 1. The highest BCUT2D eigenvalue weighted by Gasteiger charge is 2.26. The second kappa shape index (κ2) is 6.89. The lowest BCUT2D eigenvalue weighted by Gasteiger charge is -2.18. The van der Waals surface area contributed by atoms with Gasteiger partial charge in [-0.3, -0.25) is 9.36 Å². The van der Waals surface area contributed by atoms with Crippen LogP contribution in [0.3, 0.4) is 0 Å². The van der Waals surface area contributed by atoms with E-state index < -0.39 is 5.56 Å². The van der Waals surface area contributed by atoms with E-state index in [-0.39, 0.29) is 23.2 Å². The van der Waals surface area contributed by atoms with Crippen molar-refractivity contribution in [2.45, 2.75) is 45.6 Å². The fourth-order valence-corrected chi connectivity index (χ4v) is 3.31. The fraction of sp³-hybridized carbons (Fsp3) is 0.368. The van der Waals surface area contributed by atoms with Gasteiger partial charge < -0.3 is 5.11 Å². The lowest BCUT2D eigenvalue weighted by Crippen LogP contribution is -2.24. The number of nitrogens with zero attached hydrogens (tertiary/aromatic N) is 4. The Labute approximate surface area is 146 Å². The number of aromatic nitrogens is 1. The largest absolute Gasteiger partial charge is 0.493 e. The standard InChI is InChI=1S/C19H20N4O2/c1-12-7-3-6-10-16(12)21-22-17-13(2)15(11-20)18(24)23(19(17)25)14-8-4-5-9-14/h3,6-7,10,14,24H,4-5,8-9H2,1-2H3. The lowest BCUT2D eigenvalue weighted by molar-refractivity contribution is 0.368. The van der Waals surface area contributed by atoms with Crippen LogP contribution in [0.15, 0.2) is 39.3 Å². The summed E-state index contributed by atoms with van der Waals surface area (Å²) in [5.74, 6) is -0.258. The molecule has 0 spiro atoms. The van der Waals surface area contributed by atoms with Crippen molar-refractivity contribution in [3.05, 3.63) is 51.3 Å². The van der Waals surface area contributed by atoms with E-state index in [4.69, 9.17) is 0 Å². The maximum absolute atomic E-state index is 12.9. The SMILES string of the molecule is Cc1ccccc1N=Nc1c(C)c(C#N)c(O)n(C2CCCC2)c1=O. The molecule has 1 aliphatic carbocycles. The minimum absolute atomic E-state index is 0.0882. The molecule has 1 aromatic carbocycles. The number of rotatable bonds is 3. The van der Waals surface area contributed by atoms with Crippen molar-refractivity contribution in [2.75, 3.05) is 0 Å². The van der Waals surface area contributed by atoms with Gasteiger partial charge in [0, 0.05) is 11.6 Å². The molecular weight excluding hydrogens is 316 g/mol. The van der Waals surface area contributed by atoms with E-state index in [9.17, 15) is 15.2 Å². The second-order valence-corrected chi connectivity index (χ2v) is 6.38. The third-order valence-electron chi connectivity index (χ3n) is 4.78. The summed E-state index contributed by atoms with van der Waals surface area (Å²) in [6, 6.07) is 9.38. The lowest BCUT2D eigenvalue weighted by atomic mass is 10.1. The first kappa shape index (κ1) is 16.9. The van der Waals surface area contributed by atoms with Crippen molar-refractivity contribution < 1.29 is 5.11 Å². The topological polar surface area (TPSA) is 90.7 Å². The molecule has 6 nitrogen and oxygen atoms in total. The molecule has 2 aromatic rings. The highest BCUT2D eigenvalue weighted by molar-refractivity contribution is 5.57. The van der Waals surface area contributed by atoms with Gasteiger partial charge in [-0.05, 0) is 38.3 Å². The molecule has 1 heterocycles. The molecule has 1 aromatic heterocycles. The molecule has 1 aliphatic rings. The first-order valence-electron chi connectivity index (χ1n) is 8.40. The van der Waals surface area contributed by atoms with Crippen molar-refractivity contribution >= 4 is 11.4 Å². The van der Waals surface area contributed by atoms with Gasteiger partial charge in [0.05, 0.1) is 5.69 Å². The molecule has 0 unspecified atom stereocenters. The molecule has 1 fully saturated rings. The average Bonchev–Trinajstić information content (AvgIpc) is 3.11. The Bertz CT molecular complexity index is 932. The number of benzene rings is 1. The Morgan fingerprint density at radius 3 is 2.52 bits per heavy atom. The van der Waals surface area contributed by atoms with Gasteiger partial charge in [0.1, 0.15) is 11.6 Å². The van der Waals surface area contributed by atoms with E-state index in [1.807, 2.05) is 37.3 Å². The highest BCUT2D eigenvalue weighted by Crippen LogP contribution is 2.35. The van der Waals surface area contributed by atoms with Gasteiger partial charge >= 0.3 is 0 Å². The van der Waals surface area contributed by atoms with E-state index in [0.717, 1.165) is 31.2 Å². The van der Waals surface area contributed by atoms with Crippen LogP contribution in [0.5, 0.6) is 5.88 Å². The molecule has 128 valence electrons. The van der Waals surface area contributed by atoms with Gasteiger partial charge in [0.25, 0.3) is 5.56 Å². The van der Waals surface area contributed by atoms with Crippen molar-refractivity contribution in [2.24, 2.45) is 10.2 Å². The molecule has 1 N–H and O–H groups in total. The zero-order chi connectivity index (χ0) is 18.0. The number of nitriles is 1. The number of hydrogen-bond acceptors (Lipinski definition) is 5. The molecular formula is C19H20N4O2. The van der Waals surface area contributed by atoms with Gasteiger partial charge in [-0.15, -0.1) is 5.11 Å². The second-order valence-electron chi connectivity index (χ2n) is 6.38. The highest BCUT2D eigenvalue weighted by atomic mass is 16.3. The Morgan fingerprint density at radius 2 is 1.88 bits per heavy atom. The Morgan fingerprint density at radius 1 is 1.20 bits per heavy atom.